The maximum Gasteiger partial charge on any atom is 0.241 e. The molecule has 0 spiro atoms. The van der Waals surface area contributed by atoms with Gasteiger partial charge in [0.05, 0.1) is 0 Å². The van der Waals surface area contributed by atoms with Gasteiger partial charge in [0.15, 0.2) is 0 Å². The second kappa shape index (κ2) is 3.67. The van der Waals surface area contributed by atoms with E-state index in [1.807, 2.05) is 0 Å². The number of halogens is 1. The molecule has 0 unspecified atom stereocenters. The van der Waals surface area contributed by atoms with Crippen LogP contribution in [0.1, 0.15) is 5.56 Å². The monoisotopic (exact) mass is 165 g/mol. The highest BCUT2D eigenvalue weighted by Crippen LogP contribution is 2.04. The minimum Gasteiger partial charge on any atom is -0.366 e. The molecule has 0 fully saturated rings. The number of nitrogens with two attached hydrogens (primary N) is 1. The summed E-state index contributed by atoms with van der Waals surface area (Å²) in [7, 11) is 0. The van der Waals surface area contributed by atoms with E-state index >= 15 is 0 Å². The van der Waals surface area contributed by atoms with Gasteiger partial charge < -0.3 is 5.73 Å². The first-order chi connectivity index (χ1) is 5.68. The Hall–Kier alpha value is -1.64. The molecule has 1 aromatic carbocycles. The Labute approximate surface area is 69.5 Å². The van der Waals surface area contributed by atoms with E-state index in [-0.39, 0.29) is 5.82 Å². The zero-order valence-electron chi connectivity index (χ0n) is 6.33. The summed E-state index contributed by atoms with van der Waals surface area (Å²) >= 11 is 0. The molecule has 0 atom stereocenters. The highest BCUT2D eigenvalue weighted by molar-refractivity contribution is 5.90. The molecule has 2 nitrogen and oxygen atoms in total. The quantitative estimate of drug-likeness (QED) is 0.660. The fraction of sp³-hybridized carbons (Fsp3) is 0. The summed E-state index contributed by atoms with van der Waals surface area (Å²) in [6.45, 7) is 0. The van der Waals surface area contributed by atoms with Crippen LogP contribution in [-0.2, 0) is 4.79 Å². The summed E-state index contributed by atoms with van der Waals surface area (Å²) in [6.07, 6.45) is 2.65. The number of amides is 1. The SMILES string of the molecule is NC(=O)C=Cc1cccc(F)c1. The Bertz CT molecular complexity index is 320. The van der Waals surface area contributed by atoms with Crippen molar-refractivity contribution in [3.05, 3.63) is 41.7 Å². The lowest BCUT2D eigenvalue weighted by Gasteiger charge is -1.91. The smallest absolute Gasteiger partial charge is 0.241 e. The maximum atomic E-state index is 12.5. The molecule has 12 heavy (non-hydrogen) atoms. The molecule has 0 saturated carbocycles. The number of rotatable bonds is 2. The Morgan fingerprint density at radius 2 is 2.25 bits per heavy atom. The number of hydrogen-bond acceptors (Lipinski definition) is 1. The van der Waals surface area contributed by atoms with Crippen LogP contribution in [0.5, 0.6) is 0 Å². The van der Waals surface area contributed by atoms with E-state index in [9.17, 15) is 9.18 Å². The van der Waals surface area contributed by atoms with Crippen molar-refractivity contribution in [1.29, 1.82) is 0 Å². The van der Waals surface area contributed by atoms with Crippen molar-refractivity contribution in [1.82, 2.24) is 0 Å². The molecule has 0 bridgehead atoms. The molecule has 3 heteroatoms. The topological polar surface area (TPSA) is 43.1 Å². The van der Waals surface area contributed by atoms with E-state index in [4.69, 9.17) is 5.73 Å². The first-order valence-electron chi connectivity index (χ1n) is 3.41. The van der Waals surface area contributed by atoms with Gasteiger partial charge in [0.25, 0.3) is 0 Å². The average Bonchev–Trinajstić information content (AvgIpc) is 2.01. The third-order valence-corrected chi connectivity index (χ3v) is 1.29. The van der Waals surface area contributed by atoms with Gasteiger partial charge in [0, 0.05) is 6.08 Å². The Morgan fingerprint density at radius 1 is 1.50 bits per heavy atom. The Kier molecular flexibility index (Phi) is 2.58. The van der Waals surface area contributed by atoms with Gasteiger partial charge in [-0.05, 0) is 23.8 Å². The third kappa shape index (κ3) is 2.54. The van der Waals surface area contributed by atoms with Crippen LogP contribution in [-0.4, -0.2) is 5.91 Å². The summed E-state index contributed by atoms with van der Waals surface area (Å²) in [5.74, 6) is -0.874. The van der Waals surface area contributed by atoms with Gasteiger partial charge >= 0.3 is 0 Å². The molecule has 62 valence electrons. The van der Waals surface area contributed by atoms with Crippen molar-refractivity contribution in [2.45, 2.75) is 0 Å². The van der Waals surface area contributed by atoms with Crippen LogP contribution in [0.2, 0.25) is 0 Å². The van der Waals surface area contributed by atoms with Gasteiger partial charge in [0.2, 0.25) is 5.91 Å². The van der Waals surface area contributed by atoms with Crippen molar-refractivity contribution >= 4 is 12.0 Å². The van der Waals surface area contributed by atoms with Crippen molar-refractivity contribution in [3.8, 4) is 0 Å². The second-order valence-corrected chi connectivity index (χ2v) is 2.29. The molecular weight excluding hydrogens is 157 g/mol. The fourth-order valence-corrected chi connectivity index (χ4v) is 0.789. The number of carbonyl (C=O) groups excluding carboxylic acids is 1. The molecule has 0 heterocycles. The summed E-state index contributed by atoms with van der Waals surface area (Å²) in [5.41, 5.74) is 5.48. The van der Waals surface area contributed by atoms with Gasteiger partial charge in [-0.25, -0.2) is 4.39 Å². The van der Waals surface area contributed by atoms with Crippen LogP contribution < -0.4 is 5.73 Å². The lowest BCUT2D eigenvalue weighted by atomic mass is 10.2. The number of benzene rings is 1. The molecule has 0 aliphatic heterocycles. The first kappa shape index (κ1) is 8.46. The van der Waals surface area contributed by atoms with E-state index in [1.54, 1.807) is 12.1 Å². The second-order valence-electron chi connectivity index (χ2n) is 2.29. The minimum absolute atomic E-state index is 0.332. The van der Waals surface area contributed by atoms with Gasteiger partial charge in [0.1, 0.15) is 5.82 Å². The summed E-state index contributed by atoms with van der Waals surface area (Å²) in [5, 5.41) is 0. The average molecular weight is 165 g/mol. The lowest BCUT2D eigenvalue weighted by Crippen LogP contribution is -2.05. The van der Waals surface area contributed by atoms with E-state index in [0.29, 0.717) is 5.56 Å². The molecular formula is C9H8FNO. The van der Waals surface area contributed by atoms with Crippen molar-refractivity contribution in [3.63, 3.8) is 0 Å². The highest BCUT2D eigenvalue weighted by Gasteiger charge is 1.90. The van der Waals surface area contributed by atoms with Crippen molar-refractivity contribution < 1.29 is 9.18 Å². The summed E-state index contributed by atoms with van der Waals surface area (Å²) in [4.78, 5) is 10.3. The van der Waals surface area contributed by atoms with E-state index in [0.717, 1.165) is 0 Å². The molecule has 1 aromatic rings. The lowest BCUT2D eigenvalue weighted by molar-refractivity contribution is -0.113. The fourth-order valence-electron chi connectivity index (χ4n) is 0.789. The number of hydrogen-bond donors (Lipinski definition) is 1. The van der Waals surface area contributed by atoms with E-state index < -0.39 is 5.91 Å². The largest absolute Gasteiger partial charge is 0.366 e. The molecule has 0 aliphatic carbocycles. The van der Waals surface area contributed by atoms with Gasteiger partial charge in [-0.15, -0.1) is 0 Å². The standard InChI is InChI=1S/C9H8FNO/c10-8-3-1-2-7(6-8)4-5-9(11)12/h1-6H,(H2,11,12). The third-order valence-electron chi connectivity index (χ3n) is 1.29. The number of primary amides is 1. The van der Waals surface area contributed by atoms with Crippen molar-refractivity contribution in [2.24, 2.45) is 5.73 Å². The predicted molar refractivity (Wildman–Crippen MR) is 44.6 cm³/mol. The van der Waals surface area contributed by atoms with Gasteiger partial charge in [-0.1, -0.05) is 12.1 Å². The van der Waals surface area contributed by atoms with Gasteiger partial charge in [-0.2, -0.15) is 0 Å². The van der Waals surface area contributed by atoms with E-state index in [1.165, 1.54) is 24.3 Å². The first-order valence-corrected chi connectivity index (χ1v) is 3.41. The molecule has 1 amide bonds. The zero-order valence-corrected chi connectivity index (χ0v) is 6.33. The van der Waals surface area contributed by atoms with Crippen LogP contribution in [0, 0.1) is 5.82 Å². The summed E-state index contributed by atoms with van der Waals surface area (Å²) in [6, 6.07) is 5.90. The van der Waals surface area contributed by atoms with Crippen LogP contribution in [0.15, 0.2) is 30.3 Å². The van der Waals surface area contributed by atoms with Crippen LogP contribution in [0.3, 0.4) is 0 Å². The molecule has 0 radical (unpaired) electrons. The summed E-state index contributed by atoms with van der Waals surface area (Å²) < 4.78 is 12.5. The normalized spacial score (nSPS) is 10.4. The number of carbonyl (C=O) groups is 1. The minimum atomic E-state index is -0.542. The van der Waals surface area contributed by atoms with Crippen molar-refractivity contribution in [2.75, 3.05) is 0 Å². The van der Waals surface area contributed by atoms with Crippen LogP contribution in [0.4, 0.5) is 4.39 Å². The molecule has 2 N–H and O–H groups in total. The van der Waals surface area contributed by atoms with E-state index in [2.05, 4.69) is 0 Å². The predicted octanol–water partition coefficient (Wildman–Crippen LogP) is 1.32. The maximum absolute atomic E-state index is 12.5. The Morgan fingerprint density at radius 3 is 2.83 bits per heavy atom. The zero-order chi connectivity index (χ0) is 8.97. The molecule has 1 rings (SSSR count). The molecule has 0 aromatic heterocycles. The van der Waals surface area contributed by atoms with Crippen LogP contribution >= 0.6 is 0 Å². The van der Waals surface area contributed by atoms with Gasteiger partial charge in [-0.3, -0.25) is 4.79 Å². The molecule has 0 saturated heterocycles. The Balaban J connectivity index is 2.83. The highest BCUT2D eigenvalue weighted by atomic mass is 19.1. The van der Waals surface area contributed by atoms with Crippen LogP contribution in [0.25, 0.3) is 6.08 Å². The molecule has 0 aliphatic rings.